The van der Waals surface area contributed by atoms with Crippen molar-refractivity contribution in [3.8, 4) is 11.1 Å². The fourth-order valence-corrected chi connectivity index (χ4v) is 3.52. The molecule has 2 amide bonds. The maximum atomic E-state index is 12.6. The number of H-pyrrole nitrogens is 1. The number of allylic oxidation sites excluding steroid dienone is 1. The number of amides is 2. The van der Waals surface area contributed by atoms with Gasteiger partial charge in [0.05, 0.1) is 6.42 Å². The lowest BCUT2D eigenvalue weighted by Crippen LogP contribution is -2.45. The SMILES string of the molecule is CC(=N)/C=C(\O)CC(=O)N1CCC[C@H]1C(=O)NCc1ccc(-c2cc[nH]c2)cc1. The summed E-state index contributed by atoms with van der Waals surface area (Å²) in [7, 11) is 0. The Hall–Kier alpha value is -3.35. The van der Waals surface area contributed by atoms with Crippen LogP contribution in [-0.2, 0) is 16.1 Å². The van der Waals surface area contributed by atoms with Crippen molar-refractivity contribution in [1.29, 1.82) is 5.41 Å². The van der Waals surface area contributed by atoms with Gasteiger partial charge in [0.1, 0.15) is 11.8 Å². The van der Waals surface area contributed by atoms with E-state index in [0.29, 0.717) is 19.5 Å². The zero-order chi connectivity index (χ0) is 20.8. The number of carbonyl (C=O) groups is 2. The largest absolute Gasteiger partial charge is 0.512 e. The molecule has 1 saturated heterocycles. The highest BCUT2D eigenvalue weighted by molar-refractivity contribution is 5.92. The summed E-state index contributed by atoms with van der Waals surface area (Å²) >= 11 is 0. The molecule has 1 atom stereocenters. The van der Waals surface area contributed by atoms with Crippen molar-refractivity contribution in [2.24, 2.45) is 0 Å². The van der Waals surface area contributed by atoms with Crippen LogP contribution in [0.5, 0.6) is 0 Å². The molecule has 3 rings (SSSR count). The van der Waals surface area contributed by atoms with Crippen LogP contribution in [0.4, 0.5) is 0 Å². The minimum Gasteiger partial charge on any atom is -0.512 e. The number of aliphatic hydroxyl groups is 1. The molecule has 1 aliphatic rings. The van der Waals surface area contributed by atoms with Crippen LogP contribution in [0.15, 0.2) is 54.6 Å². The Morgan fingerprint density at radius 3 is 2.69 bits per heavy atom. The van der Waals surface area contributed by atoms with Crippen molar-refractivity contribution in [2.75, 3.05) is 6.54 Å². The Labute approximate surface area is 169 Å². The summed E-state index contributed by atoms with van der Waals surface area (Å²) in [6, 6.07) is 9.45. The molecule has 0 bridgehead atoms. The molecule has 2 heterocycles. The topological polar surface area (TPSA) is 109 Å². The predicted molar refractivity (Wildman–Crippen MR) is 112 cm³/mol. The summed E-state index contributed by atoms with van der Waals surface area (Å²) in [6.45, 7) is 2.42. The molecule has 4 N–H and O–H groups in total. The smallest absolute Gasteiger partial charge is 0.243 e. The molecular formula is C22H26N4O3. The minimum atomic E-state index is -0.518. The molecule has 0 saturated carbocycles. The van der Waals surface area contributed by atoms with Crippen molar-refractivity contribution in [3.05, 3.63) is 60.1 Å². The lowest BCUT2D eigenvalue weighted by Gasteiger charge is -2.24. The summed E-state index contributed by atoms with van der Waals surface area (Å²) in [6.07, 6.45) is 6.22. The van der Waals surface area contributed by atoms with Gasteiger partial charge in [-0.25, -0.2) is 0 Å². The van der Waals surface area contributed by atoms with Gasteiger partial charge in [-0.2, -0.15) is 0 Å². The van der Waals surface area contributed by atoms with E-state index in [9.17, 15) is 14.7 Å². The number of aromatic amines is 1. The summed E-state index contributed by atoms with van der Waals surface area (Å²) in [5, 5.41) is 20.1. The third-order valence-corrected chi connectivity index (χ3v) is 4.94. The molecule has 7 nitrogen and oxygen atoms in total. The molecule has 0 spiro atoms. The van der Waals surface area contributed by atoms with Crippen LogP contribution in [0.2, 0.25) is 0 Å². The van der Waals surface area contributed by atoms with Gasteiger partial charge >= 0.3 is 0 Å². The zero-order valence-electron chi connectivity index (χ0n) is 16.4. The second-order valence-electron chi connectivity index (χ2n) is 7.26. The van der Waals surface area contributed by atoms with E-state index in [4.69, 9.17) is 5.41 Å². The average molecular weight is 394 g/mol. The fourth-order valence-electron chi connectivity index (χ4n) is 3.52. The first-order valence-corrected chi connectivity index (χ1v) is 9.68. The summed E-state index contributed by atoms with van der Waals surface area (Å²) in [5.41, 5.74) is 3.36. The van der Waals surface area contributed by atoms with Gasteiger partial charge in [0.15, 0.2) is 0 Å². The normalized spacial score (nSPS) is 16.7. The highest BCUT2D eigenvalue weighted by Crippen LogP contribution is 2.21. The van der Waals surface area contributed by atoms with Gasteiger partial charge in [-0.05, 0) is 48.6 Å². The number of nitrogens with one attached hydrogen (secondary N) is 3. The van der Waals surface area contributed by atoms with E-state index in [0.717, 1.165) is 23.1 Å². The number of rotatable bonds is 7. The lowest BCUT2D eigenvalue weighted by atomic mass is 10.1. The Morgan fingerprint density at radius 2 is 2.03 bits per heavy atom. The quantitative estimate of drug-likeness (QED) is 0.428. The van der Waals surface area contributed by atoms with Gasteiger partial charge in [0, 0.05) is 31.2 Å². The first kappa shape index (κ1) is 20.4. The molecule has 0 unspecified atom stereocenters. The third kappa shape index (κ3) is 5.34. The first-order chi connectivity index (χ1) is 13.9. The molecule has 0 radical (unpaired) electrons. The van der Waals surface area contributed by atoms with E-state index in [1.807, 2.05) is 42.7 Å². The molecule has 1 fully saturated rings. The van der Waals surface area contributed by atoms with Crippen LogP contribution in [0.3, 0.4) is 0 Å². The standard InChI is InChI=1S/C22H26N4O3/c1-15(23)11-19(27)12-21(28)26-10-2-3-20(26)22(29)25-13-16-4-6-17(7-5-16)18-8-9-24-14-18/h4-9,11,14,20,23-24,27H,2-3,10,12-13H2,1H3,(H,25,29)/b19-11-,23-15?/t20-/m0/s1. The second kappa shape index (κ2) is 9.23. The first-order valence-electron chi connectivity index (χ1n) is 9.68. The van der Waals surface area contributed by atoms with Crippen LogP contribution < -0.4 is 5.32 Å². The van der Waals surface area contributed by atoms with Crippen molar-refractivity contribution < 1.29 is 14.7 Å². The van der Waals surface area contributed by atoms with Gasteiger partial charge in [0.25, 0.3) is 0 Å². The van der Waals surface area contributed by atoms with E-state index in [-0.39, 0.29) is 29.7 Å². The summed E-state index contributed by atoms with van der Waals surface area (Å²) in [5.74, 6) is -0.637. The van der Waals surface area contributed by atoms with Gasteiger partial charge in [0.2, 0.25) is 11.8 Å². The lowest BCUT2D eigenvalue weighted by molar-refractivity contribution is -0.138. The molecule has 29 heavy (non-hydrogen) atoms. The van der Waals surface area contributed by atoms with Crippen LogP contribution in [0, 0.1) is 5.41 Å². The molecule has 0 aliphatic carbocycles. The molecule has 1 aromatic carbocycles. The second-order valence-corrected chi connectivity index (χ2v) is 7.26. The van der Waals surface area contributed by atoms with Crippen molar-refractivity contribution in [3.63, 3.8) is 0 Å². The van der Waals surface area contributed by atoms with E-state index < -0.39 is 6.04 Å². The van der Waals surface area contributed by atoms with Crippen LogP contribution in [0.25, 0.3) is 11.1 Å². The van der Waals surface area contributed by atoms with Crippen LogP contribution in [-0.4, -0.2) is 45.1 Å². The van der Waals surface area contributed by atoms with Crippen molar-refractivity contribution in [2.45, 2.75) is 38.8 Å². The molecule has 1 aromatic heterocycles. The highest BCUT2D eigenvalue weighted by Gasteiger charge is 2.34. The Balaban J connectivity index is 1.55. The van der Waals surface area contributed by atoms with Gasteiger partial charge in [-0.3, -0.25) is 9.59 Å². The zero-order valence-corrected chi connectivity index (χ0v) is 16.4. The third-order valence-electron chi connectivity index (χ3n) is 4.94. The number of likely N-dealkylation sites (tertiary alicyclic amines) is 1. The number of aliphatic hydroxyl groups excluding tert-OH is 1. The average Bonchev–Trinajstić information content (AvgIpc) is 3.37. The Morgan fingerprint density at radius 1 is 1.28 bits per heavy atom. The number of aromatic nitrogens is 1. The number of hydrogen-bond donors (Lipinski definition) is 4. The molecule has 1 aliphatic heterocycles. The summed E-state index contributed by atoms with van der Waals surface area (Å²) < 4.78 is 0. The highest BCUT2D eigenvalue weighted by atomic mass is 16.3. The van der Waals surface area contributed by atoms with E-state index in [1.54, 1.807) is 0 Å². The molecule has 152 valence electrons. The van der Waals surface area contributed by atoms with Crippen LogP contribution >= 0.6 is 0 Å². The molecule has 7 heteroatoms. The van der Waals surface area contributed by atoms with E-state index in [2.05, 4.69) is 10.3 Å². The Kier molecular flexibility index (Phi) is 6.49. The fraction of sp³-hybridized carbons (Fsp3) is 0.318. The van der Waals surface area contributed by atoms with E-state index in [1.165, 1.54) is 17.9 Å². The Bertz CT molecular complexity index is 901. The number of hydrogen-bond acceptors (Lipinski definition) is 4. The van der Waals surface area contributed by atoms with Crippen molar-refractivity contribution >= 4 is 17.5 Å². The number of carbonyl (C=O) groups excluding carboxylic acids is 2. The minimum absolute atomic E-state index is 0.156. The van der Waals surface area contributed by atoms with Gasteiger partial charge in [-0.1, -0.05) is 24.3 Å². The van der Waals surface area contributed by atoms with Gasteiger partial charge < -0.3 is 25.7 Å². The number of benzene rings is 1. The monoisotopic (exact) mass is 394 g/mol. The molecular weight excluding hydrogens is 368 g/mol. The molecule has 2 aromatic rings. The van der Waals surface area contributed by atoms with Gasteiger partial charge in [-0.15, -0.1) is 0 Å². The van der Waals surface area contributed by atoms with Crippen molar-refractivity contribution in [1.82, 2.24) is 15.2 Å². The predicted octanol–water partition coefficient (Wildman–Crippen LogP) is 3.16. The number of nitrogens with zero attached hydrogens (tertiary/aromatic N) is 1. The summed E-state index contributed by atoms with van der Waals surface area (Å²) in [4.78, 5) is 29.6. The van der Waals surface area contributed by atoms with Crippen LogP contribution in [0.1, 0.15) is 31.7 Å². The maximum Gasteiger partial charge on any atom is 0.243 e. The maximum absolute atomic E-state index is 12.6. The van der Waals surface area contributed by atoms with E-state index >= 15 is 0 Å².